The van der Waals surface area contributed by atoms with E-state index in [0.29, 0.717) is 11.1 Å². The van der Waals surface area contributed by atoms with Crippen LogP contribution in [0.25, 0.3) is 0 Å². The minimum absolute atomic E-state index is 0.120. The van der Waals surface area contributed by atoms with Gasteiger partial charge in [0, 0.05) is 12.5 Å². The lowest BCUT2D eigenvalue weighted by Gasteiger charge is -2.43. The van der Waals surface area contributed by atoms with E-state index in [1.165, 1.54) is 0 Å². The Bertz CT molecular complexity index is 578. The van der Waals surface area contributed by atoms with E-state index in [9.17, 15) is 19.5 Å². The molecule has 1 aromatic rings. The maximum atomic E-state index is 12.3. The number of carbonyl (C=O) groups excluding carboxylic acids is 3. The molecule has 0 spiro atoms. The van der Waals surface area contributed by atoms with Crippen molar-refractivity contribution in [2.75, 3.05) is 6.61 Å². The van der Waals surface area contributed by atoms with Crippen LogP contribution in [-0.4, -0.2) is 46.4 Å². The summed E-state index contributed by atoms with van der Waals surface area (Å²) in [4.78, 5) is 37.4. The van der Waals surface area contributed by atoms with Crippen molar-refractivity contribution < 1.29 is 19.5 Å². The predicted molar refractivity (Wildman–Crippen MR) is 68.9 cm³/mol. The molecule has 20 heavy (non-hydrogen) atoms. The number of β-lactam (4-membered cyclic amide) rings is 1. The van der Waals surface area contributed by atoms with Crippen LogP contribution in [0.1, 0.15) is 27.6 Å². The van der Waals surface area contributed by atoms with E-state index in [-0.39, 0.29) is 18.4 Å². The average Bonchev–Trinajstić information content (AvgIpc) is 2.70. The zero-order valence-corrected chi connectivity index (χ0v) is 10.9. The van der Waals surface area contributed by atoms with Crippen molar-refractivity contribution in [3.63, 3.8) is 0 Å². The standard InChI is InChI=1S/C14H14N2O4/c1-7(6-17)10-11(12(18)15-10)16-13(19)8-4-2-3-5-9(8)14(16)20/h2-5,7,10-11,17H,6H2,1H3,(H,15,18)/t7-,10+,11-/m0/s1. The number of fused-ring (bicyclic) bond motifs is 1. The third-order valence-electron chi connectivity index (χ3n) is 3.92. The molecule has 1 fully saturated rings. The Morgan fingerprint density at radius 2 is 1.75 bits per heavy atom. The van der Waals surface area contributed by atoms with Gasteiger partial charge in [-0.05, 0) is 12.1 Å². The van der Waals surface area contributed by atoms with Gasteiger partial charge in [0.1, 0.15) is 6.04 Å². The van der Waals surface area contributed by atoms with Crippen molar-refractivity contribution in [1.82, 2.24) is 10.2 Å². The number of rotatable bonds is 3. The van der Waals surface area contributed by atoms with E-state index < -0.39 is 23.9 Å². The molecule has 2 N–H and O–H groups in total. The number of aliphatic hydroxyl groups is 1. The summed E-state index contributed by atoms with van der Waals surface area (Å²) in [5, 5.41) is 11.8. The number of imide groups is 1. The Balaban J connectivity index is 1.94. The molecule has 0 radical (unpaired) electrons. The summed E-state index contributed by atoms with van der Waals surface area (Å²) in [5.41, 5.74) is 0.653. The molecule has 3 atom stereocenters. The summed E-state index contributed by atoms with van der Waals surface area (Å²) < 4.78 is 0. The molecule has 6 heteroatoms. The van der Waals surface area contributed by atoms with Crippen molar-refractivity contribution in [2.45, 2.75) is 19.0 Å². The van der Waals surface area contributed by atoms with Crippen LogP contribution >= 0.6 is 0 Å². The van der Waals surface area contributed by atoms with Crippen LogP contribution in [0.5, 0.6) is 0 Å². The highest BCUT2D eigenvalue weighted by atomic mass is 16.3. The lowest BCUT2D eigenvalue weighted by molar-refractivity contribution is -0.136. The van der Waals surface area contributed by atoms with Crippen LogP contribution in [0.3, 0.4) is 0 Å². The quantitative estimate of drug-likeness (QED) is 0.589. The number of nitrogens with one attached hydrogen (secondary N) is 1. The van der Waals surface area contributed by atoms with Crippen LogP contribution < -0.4 is 5.32 Å². The molecule has 3 rings (SSSR count). The van der Waals surface area contributed by atoms with E-state index in [0.717, 1.165) is 4.90 Å². The van der Waals surface area contributed by atoms with E-state index >= 15 is 0 Å². The van der Waals surface area contributed by atoms with Gasteiger partial charge in [-0.15, -0.1) is 0 Å². The second-order valence-electron chi connectivity index (χ2n) is 5.16. The molecular formula is C14H14N2O4. The molecule has 1 aromatic carbocycles. The first kappa shape index (κ1) is 12.8. The predicted octanol–water partition coefficient (Wildman–Crippen LogP) is -0.222. The summed E-state index contributed by atoms with van der Waals surface area (Å²) >= 11 is 0. The smallest absolute Gasteiger partial charge is 0.262 e. The molecule has 104 valence electrons. The fourth-order valence-electron chi connectivity index (χ4n) is 2.70. The monoisotopic (exact) mass is 274 g/mol. The zero-order chi connectivity index (χ0) is 14.4. The first-order valence-electron chi connectivity index (χ1n) is 6.44. The summed E-state index contributed by atoms with van der Waals surface area (Å²) in [6.07, 6.45) is 0. The molecular weight excluding hydrogens is 260 g/mol. The average molecular weight is 274 g/mol. The normalized spacial score (nSPS) is 26.1. The maximum absolute atomic E-state index is 12.3. The number of aliphatic hydroxyl groups excluding tert-OH is 1. The van der Waals surface area contributed by atoms with Gasteiger partial charge in [0.25, 0.3) is 11.8 Å². The molecule has 3 amide bonds. The number of benzene rings is 1. The Hall–Kier alpha value is -2.21. The SMILES string of the molecule is C[C@@H](CO)[C@H]1NC(=O)[C@H]1N1C(=O)c2ccccc2C1=O. The van der Waals surface area contributed by atoms with Crippen LogP contribution in [0, 0.1) is 5.92 Å². The molecule has 6 nitrogen and oxygen atoms in total. The molecule has 0 saturated carbocycles. The van der Waals surface area contributed by atoms with Crippen molar-refractivity contribution in [2.24, 2.45) is 5.92 Å². The van der Waals surface area contributed by atoms with Crippen LogP contribution in [0.2, 0.25) is 0 Å². The third-order valence-corrected chi connectivity index (χ3v) is 3.92. The Labute approximate surface area is 115 Å². The van der Waals surface area contributed by atoms with Gasteiger partial charge in [0.05, 0.1) is 17.2 Å². The number of carbonyl (C=O) groups is 3. The first-order valence-corrected chi connectivity index (χ1v) is 6.44. The minimum atomic E-state index is -0.829. The largest absolute Gasteiger partial charge is 0.396 e. The van der Waals surface area contributed by atoms with E-state index in [4.69, 9.17) is 0 Å². The minimum Gasteiger partial charge on any atom is -0.396 e. The van der Waals surface area contributed by atoms with Gasteiger partial charge in [-0.25, -0.2) is 0 Å². The molecule has 2 heterocycles. The van der Waals surface area contributed by atoms with E-state index in [1.807, 2.05) is 0 Å². The highest BCUT2D eigenvalue weighted by Crippen LogP contribution is 2.30. The first-order chi connectivity index (χ1) is 9.56. The van der Waals surface area contributed by atoms with Crippen molar-refractivity contribution in [3.05, 3.63) is 35.4 Å². The van der Waals surface area contributed by atoms with Gasteiger partial charge >= 0.3 is 0 Å². The second kappa shape index (κ2) is 4.42. The van der Waals surface area contributed by atoms with Crippen LogP contribution in [0.15, 0.2) is 24.3 Å². The highest BCUT2D eigenvalue weighted by molar-refractivity contribution is 6.23. The van der Waals surface area contributed by atoms with Gasteiger partial charge in [-0.1, -0.05) is 19.1 Å². The fraction of sp³-hybridized carbons (Fsp3) is 0.357. The van der Waals surface area contributed by atoms with Crippen molar-refractivity contribution in [3.8, 4) is 0 Å². The van der Waals surface area contributed by atoms with Crippen molar-refractivity contribution >= 4 is 17.7 Å². The summed E-state index contributed by atoms with van der Waals surface area (Å²) in [6.45, 7) is 1.64. The Morgan fingerprint density at radius 3 is 2.20 bits per heavy atom. The molecule has 0 bridgehead atoms. The van der Waals surface area contributed by atoms with Crippen LogP contribution in [0.4, 0.5) is 0 Å². The second-order valence-corrected chi connectivity index (χ2v) is 5.16. The number of nitrogens with zero attached hydrogens (tertiary/aromatic N) is 1. The van der Waals surface area contributed by atoms with Gasteiger partial charge in [-0.2, -0.15) is 0 Å². The number of hydrogen-bond donors (Lipinski definition) is 2. The Morgan fingerprint density at radius 1 is 1.20 bits per heavy atom. The van der Waals surface area contributed by atoms with Gasteiger partial charge in [-0.3, -0.25) is 19.3 Å². The van der Waals surface area contributed by atoms with Crippen molar-refractivity contribution in [1.29, 1.82) is 0 Å². The number of hydrogen-bond acceptors (Lipinski definition) is 4. The highest BCUT2D eigenvalue weighted by Gasteiger charge is 2.52. The fourth-order valence-corrected chi connectivity index (χ4v) is 2.70. The summed E-state index contributed by atoms with van der Waals surface area (Å²) in [6, 6.07) is 5.30. The summed E-state index contributed by atoms with van der Waals surface area (Å²) in [5.74, 6) is -1.46. The molecule has 2 aliphatic rings. The number of amides is 3. The van der Waals surface area contributed by atoms with Gasteiger partial charge in [0.15, 0.2) is 0 Å². The van der Waals surface area contributed by atoms with Gasteiger partial charge < -0.3 is 10.4 Å². The zero-order valence-electron chi connectivity index (χ0n) is 10.9. The topological polar surface area (TPSA) is 86.7 Å². The molecule has 1 saturated heterocycles. The maximum Gasteiger partial charge on any atom is 0.262 e. The van der Waals surface area contributed by atoms with Crippen LogP contribution in [-0.2, 0) is 4.79 Å². The molecule has 2 aliphatic heterocycles. The van der Waals surface area contributed by atoms with E-state index in [1.54, 1.807) is 31.2 Å². The molecule has 0 aliphatic carbocycles. The van der Waals surface area contributed by atoms with E-state index in [2.05, 4.69) is 5.32 Å². The van der Waals surface area contributed by atoms with Gasteiger partial charge in [0.2, 0.25) is 5.91 Å². The molecule has 0 unspecified atom stereocenters. The summed E-state index contributed by atoms with van der Waals surface area (Å²) in [7, 11) is 0. The Kier molecular flexibility index (Phi) is 2.83. The lowest BCUT2D eigenvalue weighted by atomic mass is 9.87. The molecule has 0 aromatic heterocycles. The lowest BCUT2D eigenvalue weighted by Crippen LogP contribution is -2.72. The third kappa shape index (κ3) is 1.58.